The van der Waals surface area contributed by atoms with Gasteiger partial charge in [-0.05, 0) is 49.7 Å². The van der Waals surface area contributed by atoms with Gasteiger partial charge in [0.15, 0.2) is 0 Å². The number of carbonyl (C=O) groups is 1. The molecule has 0 spiro atoms. The Balaban J connectivity index is 1.28. The quantitative estimate of drug-likeness (QED) is 0.468. The maximum Gasteiger partial charge on any atom is 0.253 e. The topological polar surface area (TPSA) is 50.6 Å². The first-order chi connectivity index (χ1) is 15.9. The molecule has 6 nitrogen and oxygen atoms in total. The normalized spacial score (nSPS) is 14.5. The number of carbonyl (C=O) groups excluding carboxylic acids is 1. The third kappa shape index (κ3) is 5.88. The van der Waals surface area contributed by atoms with Gasteiger partial charge in [-0.1, -0.05) is 35.3 Å². The van der Waals surface area contributed by atoms with E-state index in [-0.39, 0.29) is 5.91 Å². The van der Waals surface area contributed by atoms with E-state index in [4.69, 9.17) is 27.9 Å². The van der Waals surface area contributed by atoms with Crippen LogP contribution in [0.1, 0.15) is 34.1 Å². The van der Waals surface area contributed by atoms with Gasteiger partial charge in [-0.2, -0.15) is 5.10 Å². The van der Waals surface area contributed by atoms with Crippen molar-refractivity contribution < 1.29 is 9.53 Å². The van der Waals surface area contributed by atoms with Gasteiger partial charge in [0, 0.05) is 61.6 Å². The molecule has 0 bridgehead atoms. The number of hydrogen-bond donors (Lipinski definition) is 0. The van der Waals surface area contributed by atoms with Gasteiger partial charge >= 0.3 is 0 Å². The number of piperazine rings is 1. The van der Waals surface area contributed by atoms with Crippen LogP contribution in [0, 0.1) is 6.92 Å². The van der Waals surface area contributed by atoms with Gasteiger partial charge in [0.25, 0.3) is 5.91 Å². The lowest BCUT2D eigenvalue weighted by molar-refractivity contribution is 0.0628. The molecule has 1 fully saturated rings. The van der Waals surface area contributed by atoms with Crippen molar-refractivity contribution in [2.24, 2.45) is 0 Å². The molecular formula is C25H28Cl2N4O2. The van der Waals surface area contributed by atoms with Crippen LogP contribution in [0.4, 0.5) is 0 Å². The Morgan fingerprint density at radius 2 is 1.79 bits per heavy atom. The second kappa shape index (κ2) is 10.6. The molecule has 33 heavy (non-hydrogen) atoms. The Hall–Kier alpha value is -2.54. The fraction of sp³-hybridized carbons (Fsp3) is 0.360. The zero-order valence-corrected chi connectivity index (χ0v) is 20.4. The molecule has 0 radical (unpaired) electrons. The standard InChI is InChI=1S/C25H28Cl2N4O2/c1-3-31-16-21(18(2)28-31)15-29-10-12-30(13-11-29)25(32)20-6-4-19(5-7-20)17-33-24-9-8-22(26)14-23(24)27/h4-9,14,16H,3,10-13,15,17H2,1-2H3. The van der Waals surface area contributed by atoms with Crippen molar-refractivity contribution in [3.8, 4) is 5.75 Å². The summed E-state index contributed by atoms with van der Waals surface area (Å²) in [6, 6.07) is 12.7. The van der Waals surface area contributed by atoms with E-state index in [0.717, 1.165) is 50.5 Å². The van der Waals surface area contributed by atoms with Gasteiger partial charge in [0.2, 0.25) is 0 Å². The molecule has 1 amide bonds. The van der Waals surface area contributed by atoms with E-state index in [1.807, 2.05) is 33.8 Å². The summed E-state index contributed by atoms with van der Waals surface area (Å²) in [5.41, 5.74) is 3.99. The van der Waals surface area contributed by atoms with E-state index in [0.29, 0.717) is 28.0 Å². The molecular weight excluding hydrogens is 459 g/mol. The molecule has 1 aliphatic heterocycles. The highest BCUT2D eigenvalue weighted by Gasteiger charge is 2.23. The van der Waals surface area contributed by atoms with E-state index >= 15 is 0 Å². The fourth-order valence-corrected chi connectivity index (χ4v) is 4.37. The minimum absolute atomic E-state index is 0.0675. The van der Waals surface area contributed by atoms with Gasteiger partial charge in [-0.3, -0.25) is 14.4 Å². The van der Waals surface area contributed by atoms with Crippen LogP contribution in [-0.4, -0.2) is 51.7 Å². The highest BCUT2D eigenvalue weighted by Crippen LogP contribution is 2.28. The number of amides is 1. The van der Waals surface area contributed by atoms with Gasteiger partial charge in [-0.15, -0.1) is 0 Å². The summed E-state index contributed by atoms with van der Waals surface area (Å²) >= 11 is 12.1. The Morgan fingerprint density at radius 3 is 2.42 bits per heavy atom. The lowest BCUT2D eigenvalue weighted by Gasteiger charge is -2.34. The van der Waals surface area contributed by atoms with Crippen LogP contribution in [-0.2, 0) is 19.7 Å². The maximum absolute atomic E-state index is 13.0. The van der Waals surface area contributed by atoms with Crippen molar-refractivity contribution in [1.29, 1.82) is 0 Å². The van der Waals surface area contributed by atoms with Crippen molar-refractivity contribution in [3.05, 3.63) is 81.1 Å². The monoisotopic (exact) mass is 486 g/mol. The minimum atomic E-state index is 0.0675. The number of hydrogen-bond acceptors (Lipinski definition) is 4. The summed E-state index contributed by atoms with van der Waals surface area (Å²) in [4.78, 5) is 17.3. The first-order valence-corrected chi connectivity index (χ1v) is 11.9. The van der Waals surface area contributed by atoms with Crippen molar-refractivity contribution >= 4 is 29.1 Å². The molecule has 0 aliphatic carbocycles. The van der Waals surface area contributed by atoms with E-state index in [2.05, 4.69) is 30.0 Å². The summed E-state index contributed by atoms with van der Waals surface area (Å²) in [7, 11) is 0. The van der Waals surface area contributed by atoms with Crippen molar-refractivity contribution in [1.82, 2.24) is 19.6 Å². The lowest BCUT2D eigenvalue weighted by atomic mass is 10.1. The number of aromatic nitrogens is 2. The molecule has 0 atom stereocenters. The molecule has 0 saturated carbocycles. The van der Waals surface area contributed by atoms with Crippen molar-refractivity contribution in [2.75, 3.05) is 26.2 Å². The van der Waals surface area contributed by atoms with E-state index in [1.54, 1.807) is 18.2 Å². The zero-order chi connectivity index (χ0) is 23.4. The Kier molecular flexibility index (Phi) is 7.58. The average molecular weight is 487 g/mol. The molecule has 2 heterocycles. The van der Waals surface area contributed by atoms with Crippen LogP contribution < -0.4 is 4.74 Å². The summed E-state index contributed by atoms with van der Waals surface area (Å²) in [5, 5.41) is 5.57. The number of nitrogens with zero attached hydrogens (tertiary/aromatic N) is 4. The van der Waals surface area contributed by atoms with Crippen LogP contribution in [0.2, 0.25) is 10.0 Å². The maximum atomic E-state index is 13.0. The molecule has 1 saturated heterocycles. The van der Waals surface area contributed by atoms with Crippen molar-refractivity contribution in [2.45, 2.75) is 33.5 Å². The number of rotatable bonds is 7. The van der Waals surface area contributed by atoms with Crippen LogP contribution in [0.15, 0.2) is 48.7 Å². The molecule has 3 aromatic rings. The highest BCUT2D eigenvalue weighted by atomic mass is 35.5. The third-order valence-corrected chi connectivity index (χ3v) is 6.45. The first-order valence-electron chi connectivity index (χ1n) is 11.1. The Morgan fingerprint density at radius 1 is 1.06 bits per heavy atom. The Bertz CT molecular complexity index is 1110. The predicted molar refractivity (Wildman–Crippen MR) is 131 cm³/mol. The fourth-order valence-electron chi connectivity index (χ4n) is 3.91. The summed E-state index contributed by atoms with van der Waals surface area (Å²) in [5.74, 6) is 0.647. The first kappa shape index (κ1) is 23.6. The lowest BCUT2D eigenvalue weighted by Crippen LogP contribution is -2.48. The minimum Gasteiger partial charge on any atom is -0.487 e. The van der Waals surface area contributed by atoms with Crippen molar-refractivity contribution in [3.63, 3.8) is 0 Å². The van der Waals surface area contributed by atoms with Crippen LogP contribution in [0.25, 0.3) is 0 Å². The van der Waals surface area contributed by atoms with Crippen LogP contribution in [0.5, 0.6) is 5.75 Å². The molecule has 1 aromatic heterocycles. The van der Waals surface area contributed by atoms with Gasteiger partial charge in [-0.25, -0.2) is 0 Å². The highest BCUT2D eigenvalue weighted by molar-refractivity contribution is 6.35. The number of benzene rings is 2. The number of ether oxygens (including phenoxy) is 1. The average Bonchev–Trinajstić information content (AvgIpc) is 3.18. The smallest absolute Gasteiger partial charge is 0.253 e. The zero-order valence-electron chi connectivity index (χ0n) is 18.9. The van der Waals surface area contributed by atoms with Gasteiger partial charge < -0.3 is 9.64 Å². The number of halogens is 2. The molecule has 4 rings (SSSR count). The summed E-state index contributed by atoms with van der Waals surface area (Å²) in [6.45, 7) is 9.42. The van der Waals surface area contributed by atoms with E-state index < -0.39 is 0 Å². The third-order valence-electron chi connectivity index (χ3n) is 5.91. The van der Waals surface area contributed by atoms with Gasteiger partial charge in [0.1, 0.15) is 12.4 Å². The summed E-state index contributed by atoms with van der Waals surface area (Å²) < 4.78 is 7.75. The van der Waals surface area contributed by atoms with E-state index in [1.165, 1.54) is 5.56 Å². The molecule has 8 heteroatoms. The summed E-state index contributed by atoms with van der Waals surface area (Å²) in [6.07, 6.45) is 2.12. The Labute approximate surface area is 204 Å². The molecule has 0 N–H and O–H groups in total. The molecule has 0 unspecified atom stereocenters. The second-order valence-electron chi connectivity index (χ2n) is 8.22. The molecule has 2 aromatic carbocycles. The van der Waals surface area contributed by atoms with E-state index in [9.17, 15) is 4.79 Å². The number of aryl methyl sites for hydroxylation is 2. The SMILES string of the molecule is CCn1cc(CN2CCN(C(=O)c3ccc(COc4ccc(Cl)cc4Cl)cc3)CC2)c(C)n1. The molecule has 1 aliphatic rings. The predicted octanol–water partition coefficient (Wildman–Crippen LogP) is 5.06. The molecule has 174 valence electrons. The second-order valence-corrected chi connectivity index (χ2v) is 9.07. The largest absolute Gasteiger partial charge is 0.487 e. The van der Waals surface area contributed by atoms with Crippen LogP contribution in [0.3, 0.4) is 0 Å². The van der Waals surface area contributed by atoms with Gasteiger partial charge in [0.05, 0.1) is 10.7 Å². The van der Waals surface area contributed by atoms with Crippen LogP contribution >= 0.6 is 23.2 Å².